The lowest BCUT2D eigenvalue weighted by Crippen LogP contribution is -2.28. The summed E-state index contributed by atoms with van der Waals surface area (Å²) in [5, 5.41) is 2.90. The van der Waals surface area contributed by atoms with Gasteiger partial charge in [0.15, 0.2) is 0 Å². The van der Waals surface area contributed by atoms with Gasteiger partial charge in [0.2, 0.25) is 5.91 Å². The summed E-state index contributed by atoms with van der Waals surface area (Å²) in [6.07, 6.45) is 4.89. The molecule has 0 heterocycles. The van der Waals surface area contributed by atoms with Gasteiger partial charge in [-0.15, -0.1) is 0 Å². The molecule has 0 aromatic heterocycles. The minimum atomic E-state index is 0.124. The molecule has 0 aromatic carbocycles. The normalized spacial score (nSPS) is 12.7. The molecule has 0 saturated carbocycles. The van der Waals surface area contributed by atoms with E-state index in [1.54, 1.807) is 0 Å². The van der Waals surface area contributed by atoms with Crippen molar-refractivity contribution in [1.82, 2.24) is 10.2 Å². The van der Waals surface area contributed by atoms with Crippen LogP contribution in [0.15, 0.2) is 0 Å². The molecule has 1 unspecified atom stereocenters. The van der Waals surface area contributed by atoms with Crippen molar-refractivity contribution in [2.45, 2.75) is 39.0 Å². The van der Waals surface area contributed by atoms with E-state index in [4.69, 9.17) is 10.5 Å². The van der Waals surface area contributed by atoms with E-state index in [1.807, 2.05) is 14.1 Å². The second-order valence-corrected chi connectivity index (χ2v) is 5.54. The van der Waals surface area contributed by atoms with Gasteiger partial charge in [-0.1, -0.05) is 19.8 Å². The summed E-state index contributed by atoms with van der Waals surface area (Å²) in [7, 11) is 4.03. The predicted molar refractivity (Wildman–Crippen MR) is 83.7 cm³/mol. The number of carbonyl (C=O) groups excluding carboxylic acids is 1. The molecule has 0 aliphatic rings. The van der Waals surface area contributed by atoms with Crippen LogP contribution in [0.3, 0.4) is 0 Å². The fourth-order valence-corrected chi connectivity index (χ4v) is 2.11. The van der Waals surface area contributed by atoms with Crippen LogP contribution >= 0.6 is 0 Å². The van der Waals surface area contributed by atoms with Gasteiger partial charge in [-0.05, 0) is 39.4 Å². The molecule has 0 spiro atoms. The van der Waals surface area contributed by atoms with E-state index in [0.717, 1.165) is 32.2 Å². The lowest BCUT2D eigenvalue weighted by Gasteiger charge is -2.14. The van der Waals surface area contributed by atoms with E-state index in [-0.39, 0.29) is 5.91 Å². The summed E-state index contributed by atoms with van der Waals surface area (Å²) in [5.74, 6) is 0.714. The van der Waals surface area contributed by atoms with Crippen LogP contribution in [0.4, 0.5) is 0 Å². The van der Waals surface area contributed by atoms with Gasteiger partial charge < -0.3 is 20.7 Å². The third-order valence-electron chi connectivity index (χ3n) is 3.30. The summed E-state index contributed by atoms with van der Waals surface area (Å²) in [4.78, 5) is 13.8. The SMILES string of the molecule is CCCC(CCN)CCC(=O)NCCOCCN(C)C. The molecule has 0 aliphatic carbocycles. The second kappa shape index (κ2) is 13.3. The molecule has 0 aliphatic heterocycles. The largest absolute Gasteiger partial charge is 0.378 e. The van der Waals surface area contributed by atoms with E-state index < -0.39 is 0 Å². The van der Waals surface area contributed by atoms with Gasteiger partial charge in [0.25, 0.3) is 0 Å². The molecule has 20 heavy (non-hydrogen) atoms. The first-order chi connectivity index (χ1) is 9.60. The van der Waals surface area contributed by atoms with Gasteiger partial charge in [0, 0.05) is 19.5 Å². The van der Waals surface area contributed by atoms with Gasteiger partial charge in [0.05, 0.1) is 13.2 Å². The lowest BCUT2D eigenvalue weighted by molar-refractivity contribution is -0.121. The van der Waals surface area contributed by atoms with E-state index in [2.05, 4.69) is 17.1 Å². The zero-order valence-electron chi connectivity index (χ0n) is 13.5. The van der Waals surface area contributed by atoms with E-state index >= 15 is 0 Å². The molecule has 5 heteroatoms. The average molecular weight is 287 g/mol. The number of nitrogens with zero attached hydrogens (tertiary/aromatic N) is 1. The molecule has 0 fully saturated rings. The Labute approximate surface area is 124 Å². The summed E-state index contributed by atoms with van der Waals surface area (Å²) in [5.41, 5.74) is 5.59. The highest BCUT2D eigenvalue weighted by atomic mass is 16.5. The summed E-state index contributed by atoms with van der Waals surface area (Å²) in [6, 6.07) is 0. The molecular formula is C15H33N3O2. The van der Waals surface area contributed by atoms with Crippen molar-refractivity contribution < 1.29 is 9.53 Å². The first-order valence-electron chi connectivity index (χ1n) is 7.79. The minimum absolute atomic E-state index is 0.124. The first-order valence-corrected chi connectivity index (χ1v) is 7.79. The zero-order valence-corrected chi connectivity index (χ0v) is 13.5. The molecule has 120 valence electrons. The van der Waals surface area contributed by atoms with Crippen molar-refractivity contribution in [3.8, 4) is 0 Å². The van der Waals surface area contributed by atoms with Crippen molar-refractivity contribution >= 4 is 5.91 Å². The predicted octanol–water partition coefficient (Wildman–Crippen LogP) is 1.23. The van der Waals surface area contributed by atoms with Gasteiger partial charge >= 0.3 is 0 Å². The number of carbonyl (C=O) groups is 1. The molecule has 1 atom stereocenters. The van der Waals surface area contributed by atoms with E-state index in [9.17, 15) is 4.79 Å². The number of hydrogen-bond acceptors (Lipinski definition) is 4. The molecule has 0 rings (SSSR count). The Morgan fingerprint density at radius 2 is 2.00 bits per heavy atom. The van der Waals surface area contributed by atoms with Gasteiger partial charge in [-0.3, -0.25) is 4.79 Å². The van der Waals surface area contributed by atoms with Crippen LogP contribution in [0.25, 0.3) is 0 Å². The van der Waals surface area contributed by atoms with Gasteiger partial charge in [-0.2, -0.15) is 0 Å². The summed E-state index contributed by atoms with van der Waals surface area (Å²) >= 11 is 0. The van der Waals surface area contributed by atoms with Crippen LogP contribution in [-0.2, 0) is 9.53 Å². The topological polar surface area (TPSA) is 67.6 Å². The standard InChI is InChI=1S/C15H33N3O2/c1-4-5-14(8-9-16)6-7-15(19)17-10-12-20-13-11-18(2)3/h14H,4-13,16H2,1-3H3,(H,17,19). The van der Waals surface area contributed by atoms with Crippen LogP contribution in [0, 0.1) is 5.92 Å². The Kier molecular flexibility index (Phi) is 12.9. The number of amides is 1. The Hall–Kier alpha value is -0.650. The zero-order chi connectivity index (χ0) is 15.2. The van der Waals surface area contributed by atoms with Gasteiger partial charge in [-0.25, -0.2) is 0 Å². The summed E-state index contributed by atoms with van der Waals surface area (Å²) < 4.78 is 5.42. The van der Waals surface area contributed by atoms with Crippen LogP contribution in [-0.4, -0.2) is 57.8 Å². The fourth-order valence-electron chi connectivity index (χ4n) is 2.11. The van der Waals surface area contributed by atoms with Crippen molar-refractivity contribution in [1.29, 1.82) is 0 Å². The quantitative estimate of drug-likeness (QED) is 0.500. The van der Waals surface area contributed by atoms with Crippen LogP contribution < -0.4 is 11.1 Å². The Bertz CT molecular complexity index is 229. The lowest BCUT2D eigenvalue weighted by atomic mass is 9.94. The highest BCUT2D eigenvalue weighted by Crippen LogP contribution is 2.16. The molecule has 0 radical (unpaired) electrons. The van der Waals surface area contributed by atoms with E-state index in [0.29, 0.717) is 38.6 Å². The highest BCUT2D eigenvalue weighted by Gasteiger charge is 2.09. The Morgan fingerprint density at radius 1 is 1.25 bits per heavy atom. The molecule has 0 aromatic rings. The molecule has 1 amide bonds. The van der Waals surface area contributed by atoms with Crippen molar-refractivity contribution in [3.05, 3.63) is 0 Å². The maximum atomic E-state index is 11.7. The number of rotatable bonds is 13. The van der Waals surface area contributed by atoms with Crippen LogP contribution in [0.2, 0.25) is 0 Å². The van der Waals surface area contributed by atoms with E-state index in [1.165, 1.54) is 0 Å². The third kappa shape index (κ3) is 12.4. The average Bonchev–Trinajstić information content (AvgIpc) is 2.40. The minimum Gasteiger partial charge on any atom is -0.378 e. The number of hydrogen-bond donors (Lipinski definition) is 2. The molecule has 5 nitrogen and oxygen atoms in total. The van der Waals surface area contributed by atoms with Crippen molar-refractivity contribution in [2.75, 3.05) is 46.9 Å². The molecular weight excluding hydrogens is 254 g/mol. The maximum absolute atomic E-state index is 11.7. The number of likely N-dealkylation sites (N-methyl/N-ethyl adjacent to an activating group) is 1. The molecule has 0 bridgehead atoms. The van der Waals surface area contributed by atoms with Crippen LogP contribution in [0.5, 0.6) is 0 Å². The number of nitrogens with one attached hydrogen (secondary N) is 1. The molecule has 3 N–H and O–H groups in total. The maximum Gasteiger partial charge on any atom is 0.220 e. The monoisotopic (exact) mass is 287 g/mol. The Balaban J connectivity index is 3.52. The first kappa shape index (κ1) is 19.4. The molecule has 0 saturated heterocycles. The van der Waals surface area contributed by atoms with Crippen molar-refractivity contribution in [3.63, 3.8) is 0 Å². The van der Waals surface area contributed by atoms with Crippen LogP contribution in [0.1, 0.15) is 39.0 Å². The second-order valence-electron chi connectivity index (χ2n) is 5.54. The smallest absolute Gasteiger partial charge is 0.220 e. The fraction of sp³-hybridized carbons (Fsp3) is 0.933. The van der Waals surface area contributed by atoms with Gasteiger partial charge in [0.1, 0.15) is 0 Å². The summed E-state index contributed by atoms with van der Waals surface area (Å²) in [6.45, 7) is 5.69. The number of ether oxygens (including phenoxy) is 1. The highest BCUT2D eigenvalue weighted by molar-refractivity contribution is 5.75. The third-order valence-corrected chi connectivity index (χ3v) is 3.30. The van der Waals surface area contributed by atoms with Crippen molar-refractivity contribution in [2.24, 2.45) is 11.7 Å². The number of nitrogens with two attached hydrogens (primary N) is 1. The Morgan fingerprint density at radius 3 is 2.60 bits per heavy atom.